The monoisotopic (exact) mass is 500 g/mol. The van der Waals surface area contributed by atoms with Crippen LogP contribution in [-0.4, -0.2) is 49.5 Å². The van der Waals surface area contributed by atoms with E-state index in [1.807, 2.05) is 12.1 Å². The highest BCUT2D eigenvalue weighted by molar-refractivity contribution is 6.36. The summed E-state index contributed by atoms with van der Waals surface area (Å²) in [5.74, 6) is -0.992. The first-order valence-corrected chi connectivity index (χ1v) is 11.7. The first-order chi connectivity index (χ1) is 17.8. The molecule has 2 amide bonds. The maximum Gasteiger partial charge on any atom is 0.256 e. The van der Waals surface area contributed by atoms with E-state index >= 15 is 0 Å². The van der Waals surface area contributed by atoms with Crippen LogP contribution in [0.3, 0.4) is 0 Å². The van der Waals surface area contributed by atoms with Gasteiger partial charge < -0.3 is 20.7 Å². The average Bonchev–Trinajstić information content (AvgIpc) is 3.56. The molecule has 9 nitrogen and oxygen atoms in total. The molecule has 1 aliphatic rings. The van der Waals surface area contributed by atoms with Gasteiger partial charge in [0.05, 0.1) is 30.0 Å². The Morgan fingerprint density at radius 2 is 2.05 bits per heavy atom. The molecular weight excluding hydrogens is 475 g/mol. The van der Waals surface area contributed by atoms with E-state index in [0.717, 1.165) is 5.56 Å². The summed E-state index contributed by atoms with van der Waals surface area (Å²) in [7, 11) is 0. The fraction of sp³-hybridized carbons (Fsp3) is 0.185. The van der Waals surface area contributed by atoms with Crippen molar-refractivity contribution in [2.75, 3.05) is 11.9 Å². The molecule has 3 heterocycles. The Morgan fingerprint density at radius 1 is 1.24 bits per heavy atom. The zero-order chi connectivity index (χ0) is 26.1. The number of aliphatic hydroxyl groups excluding tert-OH is 1. The van der Waals surface area contributed by atoms with Gasteiger partial charge in [-0.1, -0.05) is 29.5 Å². The van der Waals surface area contributed by atoms with Crippen LogP contribution < -0.4 is 10.6 Å². The van der Waals surface area contributed by atoms with Gasteiger partial charge in [0.1, 0.15) is 5.82 Å². The number of hydrogen-bond acceptors (Lipinski definition) is 5. The molecule has 0 aliphatic carbocycles. The van der Waals surface area contributed by atoms with Crippen molar-refractivity contribution in [2.24, 2.45) is 0 Å². The highest BCUT2D eigenvalue weighted by atomic mass is 19.1. The number of H-pyrrole nitrogens is 1. The number of halogens is 1. The number of carbonyl (C=O) groups is 2. The van der Waals surface area contributed by atoms with Gasteiger partial charge in [-0.25, -0.2) is 9.07 Å². The van der Waals surface area contributed by atoms with Crippen molar-refractivity contribution in [3.8, 4) is 11.1 Å². The first kappa shape index (κ1) is 24.1. The minimum atomic E-state index is -0.841. The van der Waals surface area contributed by atoms with Crippen LogP contribution in [0.25, 0.3) is 22.8 Å². The number of anilines is 1. The largest absolute Gasteiger partial charge is 0.389 e. The lowest BCUT2D eigenvalue weighted by Crippen LogP contribution is -2.35. The maximum absolute atomic E-state index is 13.9. The van der Waals surface area contributed by atoms with Crippen molar-refractivity contribution >= 4 is 29.2 Å². The molecule has 1 atom stereocenters. The lowest BCUT2D eigenvalue weighted by Gasteiger charge is -2.12. The molecular formula is C27H25FN6O3. The second-order valence-corrected chi connectivity index (χ2v) is 8.90. The first-order valence-electron chi connectivity index (χ1n) is 11.7. The fourth-order valence-electron chi connectivity index (χ4n) is 4.60. The third-order valence-corrected chi connectivity index (χ3v) is 6.32. The Hall–Kier alpha value is -4.57. The highest BCUT2D eigenvalue weighted by Gasteiger charge is 2.28. The Labute approximate surface area is 212 Å². The lowest BCUT2D eigenvalue weighted by molar-refractivity contribution is -0.110. The molecule has 2 aromatic carbocycles. The molecule has 0 spiro atoms. The summed E-state index contributed by atoms with van der Waals surface area (Å²) in [4.78, 5) is 29.1. The van der Waals surface area contributed by atoms with E-state index in [1.54, 1.807) is 44.3 Å². The van der Waals surface area contributed by atoms with E-state index in [1.165, 1.54) is 23.0 Å². The number of fused-ring (bicyclic) bond motifs is 1. The van der Waals surface area contributed by atoms with Gasteiger partial charge in [0.2, 0.25) is 0 Å². The highest BCUT2D eigenvalue weighted by Crippen LogP contribution is 2.40. The van der Waals surface area contributed by atoms with Crippen molar-refractivity contribution in [1.82, 2.24) is 25.3 Å². The van der Waals surface area contributed by atoms with Crippen molar-refractivity contribution in [1.29, 1.82) is 0 Å². The number of aryl methyl sites for hydroxylation is 1. The van der Waals surface area contributed by atoms with Crippen molar-refractivity contribution in [2.45, 2.75) is 26.5 Å². The predicted molar refractivity (Wildman–Crippen MR) is 137 cm³/mol. The molecule has 0 radical (unpaired) electrons. The van der Waals surface area contributed by atoms with Crippen LogP contribution in [0.4, 0.5) is 10.1 Å². The molecule has 37 heavy (non-hydrogen) atoms. The van der Waals surface area contributed by atoms with E-state index in [9.17, 15) is 19.1 Å². The summed E-state index contributed by atoms with van der Waals surface area (Å²) >= 11 is 0. The van der Waals surface area contributed by atoms with Crippen molar-refractivity contribution < 1.29 is 19.1 Å². The van der Waals surface area contributed by atoms with Crippen LogP contribution in [-0.2, 0) is 11.3 Å². The Balaban J connectivity index is 1.43. The number of nitrogens with zero attached hydrogens (tertiary/aromatic N) is 3. The van der Waals surface area contributed by atoms with Crippen LogP contribution in [0.2, 0.25) is 0 Å². The summed E-state index contributed by atoms with van der Waals surface area (Å²) in [5, 5.41) is 23.3. The smallest absolute Gasteiger partial charge is 0.256 e. The molecule has 10 heteroatoms. The van der Waals surface area contributed by atoms with Gasteiger partial charge in [-0.15, -0.1) is 5.10 Å². The van der Waals surface area contributed by atoms with Gasteiger partial charge in [-0.3, -0.25) is 9.59 Å². The number of hydrogen-bond donors (Lipinski definition) is 4. The minimum absolute atomic E-state index is 0.0337. The van der Waals surface area contributed by atoms with Crippen molar-refractivity contribution in [3.05, 3.63) is 88.8 Å². The van der Waals surface area contributed by atoms with E-state index in [0.29, 0.717) is 44.9 Å². The number of aliphatic hydroxyl groups is 1. The Morgan fingerprint density at radius 3 is 2.81 bits per heavy atom. The Bertz CT molecular complexity index is 1520. The SMILES string of the molecule is Cc1[nH]c(C=C2C(=O)Nc3cccc(-c4cccc(F)c4)c32)c(C)c1C(=O)NCC(O)Cn1ccnn1. The molecule has 4 aromatic rings. The third kappa shape index (κ3) is 4.78. The summed E-state index contributed by atoms with van der Waals surface area (Å²) in [6.45, 7) is 3.80. The molecule has 0 bridgehead atoms. The molecule has 2 aromatic heterocycles. The normalized spacial score (nSPS) is 14.5. The fourth-order valence-corrected chi connectivity index (χ4v) is 4.60. The van der Waals surface area contributed by atoms with Crippen LogP contribution in [0, 0.1) is 19.7 Å². The van der Waals surface area contributed by atoms with Gasteiger partial charge in [-0.05, 0) is 54.8 Å². The number of aromatic nitrogens is 4. The van der Waals surface area contributed by atoms with E-state index < -0.39 is 6.10 Å². The molecule has 5 rings (SSSR count). The lowest BCUT2D eigenvalue weighted by atomic mass is 9.94. The molecule has 4 N–H and O–H groups in total. The summed E-state index contributed by atoms with van der Waals surface area (Å²) in [5.41, 5.74) is 5.45. The second-order valence-electron chi connectivity index (χ2n) is 8.90. The molecule has 0 saturated carbocycles. The van der Waals surface area contributed by atoms with Crippen LogP contribution in [0.15, 0.2) is 54.9 Å². The van der Waals surface area contributed by atoms with E-state index in [2.05, 4.69) is 25.9 Å². The van der Waals surface area contributed by atoms with Gasteiger partial charge >= 0.3 is 0 Å². The second kappa shape index (κ2) is 9.82. The van der Waals surface area contributed by atoms with Gasteiger partial charge in [0.15, 0.2) is 0 Å². The standard InChI is InChI=1S/C27H25FN6O3/c1-15-23(31-16(2)24(15)27(37)29-13-19(35)14-34-10-9-30-33-34)12-21-25-20(17-5-3-6-18(28)11-17)7-4-8-22(25)32-26(21)36/h3-12,19,31,35H,13-14H2,1-2H3,(H,29,37)(H,32,36). The number of rotatable bonds is 7. The number of carbonyl (C=O) groups excluding carboxylic acids is 2. The Kier molecular flexibility index (Phi) is 6.41. The van der Waals surface area contributed by atoms with Crippen LogP contribution >= 0.6 is 0 Å². The van der Waals surface area contributed by atoms with Crippen LogP contribution in [0.1, 0.15) is 32.9 Å². The quantitative estimate of drug-likeness (QED) is 0.290. The summed E-state index contributed by atoms with van der Waals surface area (Å²) < 4.78 is 15.4. The molecule has 188 valence electrons. The molecule has 0 fully saturated rings. The van der Waals surface area contributed by atoms with Gasteiger partial charge in [0, 0.05) is 35.4 Å². The third-order valence-electron chi connectivity index (χ3n) is 6.32. The van der Waals surface area contributed by atoms with Gasteiger partial charge in [-0.2, -0.15) is 0 Å². The number of aromatic amines is 1. The van der Waals surface area contributed by atoms with E-state index in [4.69, 9.17) is 0 Å². The summed E-state index contributed by atoms with van der Waals surface area (Å²) in [6.07, 6.45) is 4.01. The average molecular weight is 501 g/mol. The number of amides is 2. The number of nitrogens with one attached hydrogen (secondary N) is 3. The zero-order valence-corrected chi connectivity index (χ0v) is 20.2. The topological polar surface area (TPSA) is 125 Å². The van der Waals surface area contributed by atoms with Crippen molar-refractivity contribution in [3.63, 3.8) is 0 Å². The minimum Gasteiger partial charge on any atom is -0.389 e. The molecule has 1 unspecified atom stereocenters. The molecule has 1 aliphatic heterocycles. The number of benzene rings is 2. The summed E-state index contributed by atoms with van der Waals surface area (Å²) in [6, 6.07) is 11.7. The van der Waals surface area contributed by atoms with Gasteiger partial charge in [0.25, 0.3) is 11.8 Å². The zero-order valence-electron chi connectivity index (χ0n) is 20.2. The maximum atomic E-state index is 13.9. The van der Waals surface area contributed by atoms with Crippen LogP contribution in [0.5, 0.6) is 0 Å². The molecule has 0 saturated heterocycles. The predicted octanol–water partition coefficient (Wildman–Crippen LogP) is 3.31. The van der Waals surface area contributed by atoms with E-state index in [-0.39, 0.29) is 30.7 Å².